The van der Waals surface area contributed by atoms with Crippen LogP contribution in [0.4, 0.5) is 5.69 Å². The van der Waals surface area contributed by atoms with Crippen molar-refractivity contribution in [3.63, 3.8) is 0 Å². The Bertz CT molecular complexity index is 584. The number of non-ortho nitro benzene ring substituents is 1. The van der Waals surface area contributed by atoms with Gasteiger partial charge in [0.15, 0.2) is 0 Å². The number of carboxylic acids is 1. The maximum Gasteiger partial charge on any atom is 0.326 e. The molecule has 7 nitrogen and oxygen atoms in total. The van der Waals surface area contributed by atoms with Gasteiger partial charge in [0, 0.05) is 24.2 Å². The Hall–Kier alpha value is -2.44. The van der Waals surface area contributed by atoms with Crippen molar-refractivity contribution in [2.45, 2.75) is 25.8 Å². The molecular weight excluding hydrogens is 264 g/mol. The molecule has 0 unspecified atom stereocenters. The van der Waals surface area contributed by atoms with Gasteiger partial charge in [-0.1, -0.05) is 0 Å². The van der Waals surface area contributed by atoms with Crippen molar-refractivity contribution in [2.24, 2.45) is 0 Å². The molecule has 0 aliphatic carbocycles. The van der Waals surface area contributed by atoms with Gasteiger partial charge in [-0.15, -0.1) is 0 Å². The van der Waals surface area contributed by atoms with E-state index >= 15 is 0 Å². The van der Waals surface area contributed by atoms with E-state index in [0.717, 1.165) is 0 Å². The average Bonchev–Trinajstić information content (AvgIpc) is 2.87. The molecule has 1 N–H and O–H groups in total. The van der Waals surface area contributed by atoms with Gasteiger partial charge in [-0.25, -0.2) is 4.79 Å². The summed E-state index contributed by atoms with van der Waals surface area (Å²) in [6, 6.07) is 3.15. The highest BCUT2D eigenvalue weighted by Gasteiger charge is 2.34. The van der Waals surface area contributed by atoms with Gasteiger partial charge in [-0.3, -0.25) is 14.9 Å². The number of rotatable bonds is 3. The lowest BCUT2D eigenvalue weighted by Crippen LogP contribution is -2.40. The number of amides is 1. The Balaban J connectivity index is 2.29. The Labute approximate surface area is 115 Å². The van der Waals surface area contributed by atoms with Gasteiger partial charge >= 0.3 is 5.97 Å². The second kappa shape index (κ2) is 5.28. The number of hydrogen-bond donors (Lipinski definition) is 1. The summed E-state index contributed by atoms with van der Waals surface area (Å²) in [5.74, 6) is -1.40. The second-order valence-electron chi connectivity index (χ2n) is 4.75. The van der Waals surface area contributed by atoms with Crippen molar-refractivity contribution in [1.29, 1.82) is 0 Å². The fraction of sp³-hybridized carbons (Fsp3) is 0.385. The zero-order chi connectivity index (χ0) is 14.9. The summed E-state index contributed by atoms with van der Waals surface area (Å²) in [4.78, 5) is 34.9. The molecule has 1 saturated heterocycles. The largest absolute Gasteiger partial charge is 0.480 e. The molecule has 1 aromatic carbocycles. The molecule has 1 aliphatic heterocycles. The summed E-state index contributed by atoms with van der Waals surface area (Å²) < 4.78 is 0. The SMILES string of the molecule is Cc1cc([N+](=O)[O-])ccc1C(=O)N1CCC[C@@H]1C(=O)O. The zero-order valence-corrected chi connectivity index (χ0v) is 10.9. The highest BCUT2D eigenvalue weighted by Crippen LogP contribution is 2.23. The van der Waals surface area contributed by atoms with Crippen LogP contribution in [0, 0.1) is 17.0 Å². The second-order valence-corrected chi connectivity index (χ2v) is 4.75. The first-order valence-electron chi connectivity index (χ1n) is 6.20. The van der Waals surface area contributed by atoms with Crippen molar-refractivity contribution in [3.8, 4) is 0 Å². The molecule has 0 saturated carbocycles. The van der Waals surface area contributed by atoms with Crippen molar-refractivity contribution < 1.29 is 19.6 Å². The summed E-state index contributed by atoms with van der Waals surface area (Å²) >= 11 is 0. The molecule has 106 valence electrons. The lowest BCUT2D eigenvalue weighted by molar-refractivity contribution is -0.384. The normalized spacial score (nSPS) is 18.1. The number of nitro benzene ring substituents is 1. The molecule has 0 bridgehead atoms. The highest BCUT2D eigenvalue weighted by atomic mass is 16.6. The minimum Gasteiger partial charge on any atom is -0.480 e. The Morgan fingerprint density at radius 2 is 2.15 bits per heavy atom. The summed E-state index contributed by atoms with van der Waals surface area (Å²) in [6.07, 6.45) is 1.09. The van der Waals surface area contributed by atoms with Gasteiger partial charge in [0.05, 0.1) is 4.92 Å². The molecule has 1 aromatic rings. The molecule has 0 spiro atoms. The van der Waals surface area contributed by atoms with Crippen LogP contribution in [0.15, 0.2) is 18.2 Å². The number of hydrogen-bond acceptors (Lipinski definition) is 4. The van der Waals surface area contributed by atoms with Crippen molar-refractivity contribution in [1.82, 2.24) is 4.90 Å². The van der Waals surface area contributed by atoms with Gasteiger partial charge in [-0.05, 0) is 31.4 Å². The lowest BCUT2D eigenvalue weighted by atomic mass is 10.1. The van der Waals surface area contributed by atoms with Crippen LogP contribution in [0.3, 0.4) is 0 Å². The maximum absolute atomic E-state index is 12.4. The first-order valence-corrected chi connectivity index (χ1v) is 6.20. The van der Waals surface area contributed by atoms with Gasteiger partial charge in [0.1, 0.15) is 6.04 Å². The molecule has 1 atom stereocenters. The number of aliphatic carboxylic acids is 1. The van der Waals surface area contributed by atoms with Crippen molar-refractivity contribution in [3.05, 3.63) is 39.4 Å². The van der Waals surface area contributed by atoms with E-state index in [4.69, 9.17) is 5.11 Å². The Morgan fingerprint density at radius 1 is 1.45 bits per heavy atom. The molecule has 1 aliphatic rings. The molecular formula is C13H14N2O5. The van der Waals surface area contributed by atoms with Crippen LogP contribution in [0.5, 0.6) is 0 Å². The fourth-order valence-corrected chi connectivity index (χ4v) is 2.42. The number of carbonyl (C=O) groups excluding carboxylic acids is 1. The van der Waals surface area contributed by atoms with E-state index in [9.17, 15) is 19.7 Å². The van der Waals surface area contributed by atoms with Crippen LogP contribution in [-0.2, 0) is 4.79 Å². The Morgan fingerprint density at radius 3 is 2.70 bits per heavy atom. The van der Waals surface area contributed by atoms with E-state index in [1.807, 2.05) is 0 Å². The van der Waals surface area contributed by atoms with Gasteiger partial charge < -0.3 is 10.0 Å². The molecule has 0 aromatic heterocycles. The first-order chi connectivity index (χ1) is 9.41. The van der Waals surface area contributed by atoms with Crippen molar-refractivity contribution >= 4 is 17.6 Å². The van der Waals surface area contributed by atoms with E-state index in [1.54, 1.807) is 6.92 Å². The van der Waals surface area contributed by atoms with Gasteiger partial charge in [0.2, 0.25) is 0 Å². The van der Waals surface area contributed by atoms with Crippen molar-refractivity contribution in [2.75, 3.05) is 6.54 Å². The summed E-state index contributed by atoms with van der Waals surface area (Å²) in [7, 11) is 0. The van der Waals surface area contributed by atoms with Gasteiger partial charge in [0.25, 0.3) is 11.6 Å². The van der Waals surface area contributed by atoms with E-state index in [1.165, 1.54) is 23.1 Å². The van der Waals surface area contributed by atoms with Crippen LogP contribution >= 0.6 is 0 Å². The fourth-order valence-electron chi connectivity index (χ4n) is 2.42. The minimum atomic E-state index is -1.02. The first kappa shape index (κ1) is 14.0. The number of carbonyl (C=O) groups is 2. The van der Waals surface area contributed by atoms with Crippen LogP contribution in [-0.4, -0.2) is 39.4 Å². The summed E-state index contributed by atoms with van der Waals surface area (Å²) in [5.41, 5.74) is 0.694. The third kappa shape index (κ3) is 2.47. The number of benzene rings is 1. The number of nitrogens with zero attached hydrogens (tertiary/aromatic N) is 2. The number of nitro groups is 1. The van der Waals surface area contributed by atoms with E-state index in [2.05, 4.69) is 0 Å². The van der Waals surface area contributed by atoms with Crippen LogP contribution < -0.4 is 0 Å². The van der Waals surface area contributed by atoms with Crippen LogP contribution in [0.25, 0.3) is 0 Å². The highest BCUT2D eigenvalue weighted by molar-refractivity contribution is 5.98. The maximum atomic E-state index is 12.4. The number of aryl methyl sites for hydroxylation is 1. The van der Waals surface area contributed by atoms with E-state index in [0.29, 0.717) is 30.5 Å². The third-order valence-electron chi connectivity index (χ3n) is 3.45. The van der Waals surface area contributed by atoms with Crippen LogP contribution in [0.1, 0.15) is 28.8 Å². The number of carboxylic acid groups (broad SMARTS) is 1. The minimum absolute atomic E-state index is 0.0877. The lowest BCUT2D eigenvalue weighted by Gasteiger charge is -2.22. The Kier molecular flexibility index (Phi) is 3.69. The number of likely N-dealkylation sites (tertiary alicyclic amines) is 1. The zero-order valence-electron chi connectivity index (χ0n) is 10.9. The van der Waals surface area contributed by atoms with E-state index < -0.39 is 16.9 Å². The molecule has 0 radical (unpaired) electrons. The topological polar surface area (TPSA) is 101 Å². The molecule has 1 heterocycles. The molecule has 1 amide bonds. The van der Waals surface area contributed by atoms with E-state index in [-0.39, 0.29) is 11.6 Å². The quantitative estimate of drug-likeness (QED) is 0.668. The molecule has 7 heteroatoms. The average molecular weight is 278 g/mol. The summed E-state index contributed by atoms with van der Waals surface area (Å²) in [5, 5.41) is 19.7. The smallest absolute Gasteiger partial charge is 0.326 e. The monoisotopic (exact) mass is 278 g/mol. The molecule has 2 rings (SSSR count). The summed E-state index contributed by atoms with van der Waals surface area (Å²) in [6.45, 7) is 2.00. The molecule has 20 heavy (non-hydrogen) atoms. The van der Waals surface area contributed by atoms with Crippen LogP contribution in [0.2, 0.25) is 0 Å². The molecule has 1 fully saturated rings. The predicted octanol–water partition coefficient (Wildman–Crippen LogP) is 1.59. The van der Waals surface area contributed by atoms with Gasteiger partial charge in [-0.2, -0.15) is 0 Å². The predicted molar refractivity (Wildman–Crippen MR) is 69.5 cm³/mol. The third-order valence-corrected chi connectivity index (χ3v) is 3.45. The standard InChI is InChI=1S/C13H14N2O5/c1-8-7-9(15(19)20)4-5-10(8)12(16)14-6-2-3-11(14)13(17)18/h4-5,7,11H,2-3,6H2,1H3,(H,17,18)/t11-/m1/s1.